The van der Waals surface area contributed by atoms with E-state index >= 15 is 0 Å². The van der Waals surface area contributed by atoms with Crippen LogP contribution in [0.1, 0.15) is 16.1 Å². The van der Waals surface area contributed by atoms with Crippen molar-refractivity contribution in [1.29, 1.82) is 0 Å². The minimum Gasteiger partial charge on any atom is -0.364 e. The summed E-state index contributed by atoms with van der Waals surface area (Å²) in [5.41, 5.74) is 0.476. The lowest BCUT2D eigenvalue weighted by Crippen LogP contribution is -2.24. The Kier molecular flexibility index (Phi) is 2.90. The Labute approximate surface area is 90.3 Å². The Bertz CT molecular complexity index is 485. The fourth-order valence-corrected chi connectivity index (χ4v) is 1.15. The average Bonchev–Trinajstić information content (AvgIpc) is 2.79. The molecule has 16 heavy (non-hydrogen) atoms. The number of carbonyl (C=O) groups excluding carboxylic acids is 1. The van der Waals surface area contributed by atoms with E-state index in [9.17, 15) is 9.18 Å². The maximum atomic E-state index is 13.1. The molecule has 0 radical (unpaired) electrons. The number of nitrogens with zero attached hydrogens (tertiary/aromatic N) is 2. The number of halogens is 1. The molecule has 0 saturated carbocycles. The van der Waals surface area contributed by atoms with Gasteiger partial charge in [0.05, 0.1) is 12.1 Å². The van der Waals surface area contributed by atoms with Crippen LogP contribution >= 0.6 is 0 Å². The molecule has 0 aliphatic carbocycles. The summed E-state index contributed by atoms with van der Waals surface area (Å²) in [5, 5.41) is 6.11. The van der Waals surface area contributed by atoms with E-state index in [-0.39, 0.29) is 12.1 Å². The third-order valence-corrected chi connectivity index (χ3v) is 1.93. The Hall–Kier alpha value is -2.24. The molecule has 0 unspecified atom stereocenters. The van der Waals surface area contributed by atoms with Gasteiger partial charge in [0.15, 0.2) is 0 Å². The summed E-state index contributed by atoms with van der Waals surface area (Å²) in [7, 11) is 0. The third kappa shape index (κ3) is 2.22. The van der Waals surface area contributed by atoms with Crippen molar-refractivity contribution < 1.29 is 13.7 Å². The predicted molar refractivity (Wildman–Crippen MR) is 51.9 cm³/mol. The van der Waals surface area contributed by atoms with Gasteiger partial charge in [-0.1, -0.05) is 5.16 Å². The summed E-state index contributed by atoms with van der Waals surface area (Å²) >= 11 is 0. The number of carbonyl (C=O) groups is 1. The van der Waals surface area contributed by atoms with E-state index in [0.717, 1.165) is 0 Å². The van der Waals surface area contributed by atoms with Crippen LogP contribution in [0.25, 0.3) is 0 Å². The summed E-state index contributed by atoms with van der Waals surface area (Å²) in [6.07, 6.45) is 2.68. The van der Waals surface area contributed by atoms with Crippen molar-refractivity contribution in [3.63, 3.8) is 0 Å². The van der Waals surface area contributed by atoms with Gasteiger partial charge in [0.2, 0.25) is 5.95 Å². The van der Waals surface area contributed by atoms with Crippen molar-refractivity contribution in [2.24, 2.45) is 0 Å². The zero-order valence-corrected chi connectivity index (χ0v) is 8.18. The molecule has 0 fully saturated rings. The first-order chi connectivity index (χ1) is 7.77. The highest BCUT2D eigenvalue weighted by molar-refractivity contribution is 5.93. The van der Waals surface area contributed by atoms with Crippen molar-refractivity contribution in [3.8, 4) is 0 Å². The Balaban J connectivity index is 2.01. The van der Waals surface area contributed by atoms with Gasteiger partial charge in [-0.05, 0) is 12.1 Å². The Morgan fingerprint density at radius 2 is 2.38 bits per heavy atom. The first kappa shape index (κ1) is 10.3. The number of nitrogens with one attached hydrogen (secondary N) is 1. The molecule has 0 atom stereocenters. The van der Waals surface area contributed by atoms with E-state index in [4.69, 9.17) is 0 Å². The summed E-state index contributed by atoms with van der Waals surface area (Å²) < 4.78 is 17.7. The molecule has 2 rings (SSSR count). The number of amides is 1. The van der Waals surface area contributed by atoms with Crippen LogP contribution in [0.4, 0.5) is 4.39 Å². The smallest absolute Gasteiger partial charge is 0.256 e. The van der Waals surface area contributed by atoms with Crippen LogP contribution in [0.2, 0.25) is 0 Å². The lowest BCUT2D eigenvalue weighted by molar-refractivity contribution is 0.0945. The minimum absolute atomic E-state index is 0.0917. The molecule has 2 heterocycles. The number of aromatic nitrogens is 2. The maximum Gasteiger partial charge on any atom is 0.256 e. The first-order valence-electron chi connectivity index (χ1n) is 4.55. The van der Waals surface area contributed by atoms with Crippen molar-refractivity contribution in [1.82, 2.24) is 15.5 Å². The molecule has 0 spiro atoms. The number of pyridine rings is 1. The Morgan fingerprint density at radius 1 is 1.50 bits per heavy atom. The van der Waals surface area contributed by atoms with Crippen molar-refractivity contribution in [3.05, 3.63) is 47.9 Å². The molecule has 0 aromatic carbocycles. The fraction of sp³-hybridized carbons (Fsp3) is 0.100. The van der Waals surface area contributed by atoms with Gasteiger partial charge >= 0.3 is 0 Å². The second kappa shape index (κ2) is 4.52. The summed E-state index contributed by atoms with van der Waals surface area (Å²) in [5.74, 6) is -1.33. The fourth-order valence-electron chi connectivity index (χ4n) is 1.15. The van der Waals surface area contributed by atoms with Crippen LogP contribution in [0, 0.1) is 5.95 Å². The van der Waals surface area contributed by atoms with Crippen LogP contribution in [0.15, 0.2) is 35.2 Å². The van der Waals surface area contributed by atoms with Gasteiger partial charge in [-0.25, -0.2) is 4.98 Å². The second-order valence-corrected chi connectivity index (χ2v) is 3.02. The predicted octanol–water partition coefficient (Wildman–Crippen LogP) is 1.14. The standard InChI is InChI=1S/C10H8FN3O2/c11-9-8(2-1-4-12-9)10(15)13-6-7-3-5-16-14-7/h1-5H,6H2,(H,13,15). The maximum absolute atomic E-state index is 13.1. The van der Waals surface area contributed by atoms with Gasteiger partial charge in [0.1, 0.15) is 12.0 Å². The normalized spacial score (nSPS) is 10.1. The lowest BCUT2D eigenvalue weighted by atomic mass is 10.2. The van der Waals surface area contributed by atoms with Crippen LogP contribution in [0.5, 0.6) is 0 Å². The monoisotopic (exact) mass is 221 g/mol. The molecular weight excluding hydrogens is 213 g/mol. The molecule has 5 nitrogen and oxygen atoms in total. The molecule has 0 bridgehead atoms. The van der Waals surface area contributed by atoms with Crippen molar-refractivity contribution in [2.75, 3.05) is 0 Å². The third-order valence-electron chi connectivity index (χ3n) is 1.93. The summed E-state index contributed by atoms with van der Waals surface area (Å²) in [4.78, 5) is 14.9. The highest BCUT2D eigenvalue weighted by atomic mass is 19.1. The molecule has 0 aliphatic rings. The summed E-state index contributed by atoms with van der Waals surface area (Å²) in [6, 6.07) is 4.47. The number of rotatable bonds is 3. The zero-order chi connectivity index (χ0) is 11.4. The summed E-state index contributed by atoms with van der Waals surface area (Å²) in [6.45, 7) is 0.184. The van der Waals surface area contributed by atoms with E-state index in [0.29, 0.717) is 5.69 Å². The molecule has 1 amide bonds. The van der Waals surface area contributed by atoms with E-state index in [1.807, 2.05) is 0 Å². The highest BCUT2D eigenvalue weighted by Gasteiger charge is 2.11. The van der Waals surface area contributed by atoms with E-state index in [1.165, 1.54) is 24.6 Å². The van der Waals surface area contributed by atoms with E-state index < -0.39 is 11.9 Å². The van der Waals surface area contributed by atoms with Gasteiger partial charge in [-0.15, -0.1) is 0 Å². The average molecular weight is 221 g/mol. The van der Waals surface area contributed by atoms with Gasteiger partial charge in [0, 0.05) is 12.3 Å². The van der Waals surface area contributed by atoms with Crippen LogP contribution in [0.3, 0.4) is 0 Å². The van der Waals surface area contributed by atoms with Crippen molar-refractivity contribution in [2.45, 2.75) is 6.54 Å². The van der Waals surface area contributed by atoms with Gasteiger partial charge < -0.3 is 9.84 Å². The van der Waals surface area contributed by atoms with Crippen LogP contribution in [-0.4, -0.2) is 16.0 Å². The number of hydrogen-bond donors (Lipinski definition) is 1. The largest absolute Gasteiger partial charge is 0.364 e. The molecule has 1 N–H and O–H groups in total. The zero-order valence-electron chi connectivity index (χ0n) is 8.18. The molecule has 0 aliphatic heterocycles. The van der Waals surface area contributed by atoms with Crippen LogP contribution in [-0.2, 0) is 6.54 Å². The van der Waals surface area contributed by atoms with Gasteiger partial charge in [-0.2, -0.15) is 4.39 Å². The molecular formula is C10H8FN3O2. The van der Waals surface area contributed by atoms with E-state index in [1.54, 1.807) is 6.07 Å². The Morgan fingerprint density at radius 3 is 3.06 bits per heavy atom. The molecule has 0 saturated heterocycles. The quantitative estimate of drug-likeness (QED) is 0.789. The number of hydrogen-bond acceptors (Lipinski definition) is 4. The minimum atomic E-state index is -0.792. The highest BCUT2D eigenvalue weighted by Crippen LogP contribution is 2.03. The molecule has 82 valence electrons. The van der Waals surface area contributed by atoms with Crippen molar-refractivity contribution >= 4 is 5.91 Å². The molecule has 2 aromatic rings. The van der Waals surface area contributed by atoms with Gasteiger partial charge in [-0.3, -0.25) is 4.79 Å². The van der Waals surface area contributed by atoms with Gasteiger partial charge in [0.25, 0.3) is 5.91 Å². The first-order valence-corrected chi connectivity index (χ1v) is 4.55. The van der Waals surface area contributed by atoms with Crippen LogP contribution < -0.4 is 5.32 Å². The lowest BCUT2D eigenvalue weighted by Gasteiger charge is -2.02. The second-order valence-electron chi connectivity index (χ2n) is 3.02. The van der Waals surface area contributed by atoms with E-state index in [2.05, 4.69) is 20.0 Å². The SMILES string of the molecule is O=C(NCc1ccon1)c1cccnc1F. The molecule has 6 heteroatoms. The topological polar surface area (TPSA) is 68.0 Å². The molecule has 2 aromatic heterocycles.